The van der Waals surface area contributed by atoms with Gasteiger partial charge in [-0.1, -0.05) is 6.08 Å². The van der Waals surface area contributed by atoms with Crippen LogP contribution in [0.15, 0.2) is 12.2 Å². The molecule has 0 aliphatic carbocycles. The van der Waals surface area contributed by atoms with Gasteiger partial charge in [-0.2, -0.15) is 0 Å². The Labute approximate surface area is 66.7 Å². The van der Waals surface area contributed by atoms with Gasteiger partial charge < -0.3 is 9.84 Å². The van der Waals surface area contributed by atoms with Gasteiger partial charge in [-0.05, 0) is 20.3 Å². The number of esters is 1. The molecule has 0 aromatic rings. The van der Waals surface area contributed by atoms with E-state index < -0.39 is 6.10 Å². The first-order valence-electron chi connectivity index (χ1n) is 3.68. The fraction of sp³-hybridized carbons (Fsp3) is 0.625. The van der Waals surface area contributed by atoms with Crippen molar-refractivity contribution in [3.63, 3.8) is 0 Å². The Bertz CT molecular complexity index is 138. The number of aliphatic hydroxyl groups excluding tert-OH is 1. The van der Waals surface area contributed by atoms with Crippen LogP contribution in [-0.2, 0) is 9.53 Å². The van der Waals surface area contributed by atoms with Gasteiger partial charge in [0.15, 0.2) is 0 Å². The number of rotatable bonds is 4. The molecule has 0 radical (unpaired) electrons. The number of carbonyl (C=O) groups excluding carboxylic acids is 1. The highest BCUT2D eigenvalue weighted by Gasteiger charge is 1.93. The highest BCUT2D eigenvalue weighted by molar-refractivity contribution is 5.81. The van der Waals surface area contributed by atoms with Crippen LogP contribution >= 0.6 is 0 Å². The largest absolute Gasteiger partial charge is 0.463 e. The molecule has 1 N–H and O–H groups in total. The van der Waals surface area contributed by atoms with Gasteiger partial charge in [0.25, 0.3) is 0 Å². The fourth-order valence-corrected chi connectivity index (χ4v) is 0.552. The van der Waals surface area contributed by atoms with Crippen molar-refractivity contribution in [1.29, 1.82) is 0 Å². The number of carbonyl (C=O) groups is 1. The van der Waals surface area contributed by atoms with Gasteiger partial charge in [-0.25, -0.2) is 4.79 Å². The standard InChI is InChI=1S/C8H14O3/c1-3-11-8(10)6-4-5-7(2)9/h4,6-7,9H,3,5H2,1-2H3/b6-4-. The van der Waals surface area contributed by atoms with Crippen molar-refractivity contribution in [3.8, 4) is 0 Å². The van der Waals surface area contributed by atoms with Crippen LogP contribution in [0.2, 0.25) is 0 Å². The molecule has 3 nitrogen and oxygen atoms in total. The van der Waals surface area contributed by atoms with E-state index in [-0.39, 0.29) is 5.97 Å². The maximum atomic E-state index is 10.6. The van der Waals surface area contributed by atoms with Crippen LogP contribution in [0.1, 0.15) is 20.3 Å². The molecule has 0 fully saturated rings. The summed E-state index contributed by atoms with van der Waals surface area (Å²) in [6.45, 7) is 3.80. The molecule has 0 aromatic carbocycles. The molecule has 64 valence electrons. The predicted molar refractivity (Wildman–Crippen MR) is 42.1 cm³/mol. The minimum absolute atomic E-state index is 0.354. The molecule has 3 heteroatoms. The van der Waals surface area contributed by atoms with Crippen molar-refractivity contribution in [2.75, 3.05) is 6.61 Å². The highest BCUT2D eigenvalue weighted by Crippen LogP contribution is 1.91. The topological polar surface area (TPSA) is 46.5 Å². The normalized spacial score (nSPS) is 13.4. The summed E-state index contributed by atoms with van der Waals surface area (Å²) < 4.78 is 4.62. The zero-order chi connectivity index (χ0) is 8.69. The van der Waals surface area contributed by atoms with E-state index in [2.05, 4.69) is 4.74 Å². The zero-order valence-corrected chi connectivity index (χ0v) is 6.91. The second-order valence-corrected chi connectivity index (χ2v) is 2.24. The van der Waals surface area contributed by atoms with Crippen molar-refractivity contribution in [3.05, 3.63) is 12.2 Å². The molecule has 1 unspecified atom stereocenters. The third-order valence-electron chi connectivity index (χ3n) is 1.02. The number of ether oxygens (including phenoxy) is 1. The number of hydrogen-bond donors (Lipinski definition) is 1. The van der Waals surface area contributed by atoms with Crippen LogP contribution in [0.3, 0.4) is 0 Å². The van der Waals surface area contributed by atoms with Gasteiger partial charge in [-0.15, -0.1) is 0 Å². The van der Waals surface area contributed by atoms with Crippen LogP contribution in [0.5, 0.6) is 0 Å². The van der Waals surface area contributed by atoms with Crippen molar-refractivity contribution in [2.45, 2.75) is 26.4 Å². The Morgan fingerprint density at radius 1 is 1.73 bits per heavy atom. The zero-order valence-electron chi connectivity index (χ0n) is 6.91. The lowest BCUT2D eigenvalue weighted by Gasteiger charge is -1.96. The molecule has 0 saturated carbocycles. The molecule has 0 aromatic heterocycles. The highest BCUT2D eigenvalue weighted by atomic mass is 16.5. The summed E-state index contributed by atoms with van der Waals surface area (Å²) >= 11 is 0. The molecule has 0 bridgehead atoms. The van der Waals surface area contributed by atoms with E-state index in [9.17, 15) is 4.79 Å². The van der Waals surface area contributed by atoms with E-state index in [1.165, 1.54) is 6.08 Å². The van der Waals surface area contributed by atoms with Crippen molar-refractivity contribution >= 4 is 5.97 Å². The summed E-state index contributed by atoms with van der Waals surface area (Å²) in [4.78, 5) is 10.6. The molecule has 1 atom stereocenters. The molecular weight excluding hydrogens is 144 g/mol. The van der Waals surface area contributed by atoms with Crippen LogP contribution in [0.4, 0.5) is 0 Å². The lowest BCUT2D eigenvalue weighted by Crippen LogP contribution is -2.00. The predicted octanol–water partition coefficient (Wildman–Crippen LogP) is 0.877. The van der Waals surface area contributed by atoms with E-state index >= 15 is 0 Å². The first kappa shape index (κ1) is 10.2. The molecule has 11 heavy (non-hydrogen) atoms. The van der Waals surface area contributed by atoms with Crippen LogP contribution < -0.4 is 0 Å². The molecular formula is C8H14O3. The minimum Gasteiger partial charge on any atom is -0.463 e. The first-order valence-corrected chi connectivity index (χ1v) is 3.68. The Kier molecular flexibility index (Phi) is 5.47. The molecule has 0 aliphatic rings. The SMILES string of the molecule is CCOC(=O)/C=C\CC(C)O. The van der Waals surface area contributed by atoms with E-state index in [1.54, 1.807) is 19.9 Å². The van der Waals surface area contributed by atoms with Crippen molar-refractivity contribution in [2.24, 2.45) is 0 Å². The van der Waals surface area contributed by atoms with Crippen molar-refractivity contribution < 1.29 is 14.6 Å². The van der Waals surface area contributed by atoms with E-state index in [4.69, 9.17) is 5.11 Å². The fourth-order valence-electron chi connectivity index (χ4n) is 0.552. The lowest BCUT2D eigenvalue weighted by molar-refractivity contribution is -0.137. The summed E-state index contributed by atoms with van der Waals surface area (Å²) in [6.07, 6.45) is 3.01. The maximum absolute atomic E-state index is 10.6. The van der Waals surface area contributed by atoms with Crippen LogP contribution in [-0.4, -0.2) is 23.8 Å². The molecule has 0 heterocycles. The van der Waals surface area contributed by atoms with Crippen LogP contribution in [0, 0.1) is 0 Å². The second-order valence-electron chi connectivity index (χ2n) is 2.24. The third-order valence-corrected chi connectivity index (χ3v) is 1.02. The van der Waals surface area contributed by atoms with E-state index in [0.717, 1.165) is 0 Å². The Balaban J connectivity index is 3.48. The molecule has 0 saturated heterocycles. The minimum atomic E-state index is -0.402. The van der Waals surface area contributed by atoms with Crippen molar-refractivity contribution in [1.82, 2.24) is 0 Å². The van der Waals surface area contributed by atoms with Gasteiger partial charge >= 0.3 is 5.97 Å². The summed E-state index contributed by atoms with van der Waals surface area (Å²) in [7, 11) is 0. The number of aliphatic hydroxyl groups is 1. The molecule has 0 aliphatic heterocycles. The average molecular weight is 158 g/mol. The monoisotopic (exact) mass is 158 g/mol. The smallest absolute Gasteiger partial charge is 0.330 e. The quantitative estimate of drug-likeness (QED) is 0.488. The lowest BCUT2D eigenvalue weighted by atomic mass is 10.3. The van der Waals surface area contributed by atoms with Gasteiger partial charge in [0.2, 0.25) is 0 Å². The summed E-state index contributed by atoms with van der Waals surface area (Å²) in [5.41, 5.74) is 0. The first-order chi connectivity index (χ1) is 5.16. The van der Waals surface area contributed by atoms with E-state index in [1.807, 2.05) is 0 Å². The summed E-state index contributed by atoms with van der Waals surface area (Å²) in [5.74, 6) is -0.354. The Morgan fingerprint density at radius 3 is 2.82 bits per heavy atom. The Morgan fingerprint density at radius 2 is 2.36 bits per heavy atom. The van der Waals surface area contributed by atoms with Gasteiger partial charge in [0.05, 0.1) is 12.7 Å². The number of hydrogen-bond acceptors (Lipinski definition) is 3. The maximum Gasteiger partial charge on any atom is 0.330 e. The Hall–Kier alpha value is -0.830. The van der Waals surface area contributed by atoms with Gasteiger partial charge in [0, 0.05) is 6.08 Å². The summed E-state index contributed by atoms with van der Waals surface area (Å²) in [6, 6.07) is 0. The molecule has 0 spiro atoms. The molecule has 0 rings (SSSR count). The second kappa shape index (κ2) is 5.92. The third kappa shape index (κ3) is 7.06. The van der Waals surface area contributed by atoms with Gasteiger partial charge in [-0.3, -0.25) is 0 Å². The van der Waals surface area contributed by atoms with Gasteiger partial charge in [0.1, 0.15) is 0 Å². The average Bonchev–Trinajstić information content (AvgIpc) is 1.87. The summed E-state index contributed by atoms with van der Waals surface area (Å²) in [5, 5.41) is 8.79. The molecule has 0 amide bonds. The van der Waals surface area contributed by atoms with Crippen LogP contribution in [0.25, 0.3) is 0 Å². The van der Waals surface area contributed by atoms with E-state index in [0.29, 0.717) is 13.0 Å².